The lowest BCUT2D eigenvalue weighted by Crippen LogP contribution is -2.27. The predicted molar refractivity (Wildman–Crippen MR) is 100 cm³/mol. The predicted octanol–water partition coefficient (Wildman–Crippen LogP) is 3.59. The zero-order valence-corrected chi connectivity index (χ0v) is 14.5. The summed E-state index contributed by atoms with van der Waals surface area (Å²) in [6.45, 7) is 2.40. The number of benzene rings is 2. The number of hydrogen-bond acceptors (Lipinski definition) is 3. The van der Waals surface area contributed by atoms with Crippen LogP contribution in [0.2, 0.25) is 5.02 Å². The molecule has 0 spiro atoms. The lowest BCUT2D eigenvalue weighted by atomic mass is 9.99. The van der Waals surface area contributed by atoms with Crippen molar-refractivity contribution in [1.82, 2.24) is 9.55 Å². The standard InChI is InChI=1S/C20H16ClN3O/c1-13-11-19(25)24-17-8-7-15(21)12-16(17)20(14-5-3-2-4-6-14)22-10-9-18(24)23-13/h2-8,11-12H,9-10H2,1H3/b22-20-. The van der Waals surface area contributed by atoms with Gasteiger partial charge in [0.15, 0.2) is 0 Å². The first-order valence-electron chi connectivity index (χ1n) is 8.13. The van der Waals surface area contributed by atoms with Gasteiger partial charge in [0, 0.05) is 40.9 Å². The maximum atomic E-state index is 12.7. The zero-order chi connectivity index (χ0) is 17.4. The van der Waals surface area contributed by atoms with Crippen molar-refractivity contribution in [3.63, 3.8) is 0 Å². The maximum absolute atomic E-state index is 12.7. The lowest BCUT2D eigenvalue weighted by Gasteiger charge is -2.20. The number of aromatic nitrogens is 2. The van der Waals surface area contributed by atoms with Crippen LogP contribution in [-0.4, -0.2) is 21.8 Å². The van der Waals surface area contributed by atoms with Crippen molar-refractivity contribution in [2.24, 2.45) is 4.99 Å². The molecule has 0 atom stereocenters. The van der Waals surface area contributed by atoms with Gasteiger partial charge in [0.1, 0.15) is 5.82 Å². The van der Waals surface area contributed by atoms with Crippen LogP contribution in [0.5, 0.6) is 0 Å². The Kier molecular flexibility index (Phi) is 3.98. The number of fused-ring (bicyclic) bond motifs is 3. The molecule has 0 radical (unpaired) electrons. The molecule has 0 bridgehead atoms. The molecule has 0 amide bonds. The minimum atomic E-state index is -0.0830. The van der Waals surface area contributed by atoms with Gasteiger partial charge in [0.25, 0.3) is 5.56 Å². The number of hydrogen-bond donors (Lipinski definition) is 0. The van der Waals surface area contributed by atoms with Gasteiger partial charge in [-0.1, -0.05) is 41.9 Å². The maximum Gasteiger partial charge on any atom is 0.258 e. The SMILES string of the molecule is Cc1cc(=O)n2c(n1)CC/N=C(/c1ccccc1)c1cc(Cl)ccc1-2. The summed E-state index contributed by atoms with van der Waals surface area (Å²) < 4.78 is 1.68. The smallest absolute Gasteiger partial charge is 0.258 e. The van der Waals surface area contributed by atoms with Crippen molar-refractivity contribution in [2.75, 3.05) is 6.54 Å². The molecular formula is C20H16ClN3O. The molecule has 1 aliphatic heterocycles. The van der Waals surface area contributed by atoms with E-state index in [2.05, 4.69) is 4.98 Å². The Hall–Kier alpha value is -2.72. The fraction of sp³-hybridized carbons (Fsp3) is 0.150. The van der Waals surface area contributed by atoms with E-state index >= 15 is 0 Å². The fourth-order valence-electron chi connectivity index (χ4n) is 3.17. The van der Waals surface area contributed by atoms with E-state index in [0.29, 0.717) is 18.0 Å². The van der Waals surface area contributed by atoms with E-state index in [1.807, 2.05) is 49.4 Å². The first-order chi connectivity index (χ1) is 12.1. The monoisotopic (exact) mass is 349 g/mol. The second-order valence-corrected chi connectivity index (χ2v) is 6.43. The Bertz CT molecular complexity index is 1040. The van der Waals surface area contributed by atoms with Crippen LogP contribution in [0.4, 0.5) is 0 Å². The van der Waals surface area contributed by atoms with Gasteiger partial charge < -0.3 is 0 Å². The molecule has 124 valence electrons. The molecule has 0 unspecified atom stereocenters. The summed E-state index contributed by atoms with van der Waals surface area (Å²) in [5, 5.41) is 0.609. The Labute approximate surface area is 150 Å². The number of nitrogens with zero attached hydrogens (tertiary/aromatic N) is 3. The molecule has 1 aromatic heterocycles. The van der Waals surface area contributed by atoms with Crippen LogP contribution in [0.3, 0.4) is 0 Å². The summed E-state index contributed by atoms with van der Waals surface area (Å²) >= 11 is 6.26. The molecule has 5 heteroatoms. The van der Waals surface area contributed by atoms with Gasteiger partial charge in [0.2, 0.25) is 0 Å². The van der Waals surface area contributed by atoms with Crippen LogP contribution < -0.4 is 5.56 Å². The molecule has 3 aromatic rings. The van der Waals surface area contributed by atoms with Crippen LogP contribution in [0, 0.1) is 6.92 Å². The average Bonchev–Trinajstić information content (AvgIpc) is 2.58. The van der Waals surface area contributed by atoms with Crippen molar-refractivity contribution < 1.29 is 0 Å². The van der Waals surface area contributed by atoms with Crippen LogP contribution in [0.25, 0.3) is 5.69 Å². The summed E-state index contributed by atoms with van der Waals surface area (Å²) in [5.74, 6) is 0.726. The quantitative estimate of drug-likeness (QED) is 0.674. The van der Waals surface area contributed by atoms with Crippen molar-refractivity contribution in [2.45, 2.75) is 13.3 Å². The highest BCUT2D eigenvalue weighted by Crippen LogP contribution is 2.25. The first kappa shape index (κ1) is 15.8. The molecule has 2 aromatic carbocycles. The van der Waals surface area contributed by atoms with Gasteiger partial charge in [0.05, 0.1) is 11.4 Å². The molecule has 25 heavy (non-hydrogen) atoms. The molecule has 0 fully saturated rings. The van der Waals surface area contributed by atoms with E-state index in [1.54, 1.807) is 16.7 Å². The van der Waals surface area contributed by atoms with Gasteiger partial charge in [-0.25, -0.2) is 4.98 Å². The average molecular weight is 350 g/mol. The number of aliphatic imine (C=N–C) groups is 1. The van der Waals surface area contributed by atoms with Crippen LogP contribution in [0.15, 0.2) is 64.4 Å². The molecule has 2 heterocycles. The van der Waals surface area contributed by atoms with E-state index < -0.39 is 0 Å². The summed E-state index contributed by atoms with van der Waals surface area (Å²) in [6, 6.07) is 17.0. The first-order valence-corrected chi connectivity index (χ1v) is 8.51. The summed E-state index contributed by atoms with van der Waals surface area (Å²) in [5.41, 5.74) is 4.09. The second kappa shape index (κ2) is 6.30. The minimum absolute atomic E-state index is 0.0830. The van der Waals surface area contributed by atoms with Crippen molar-refractivity contribution in [3.05, 3.63) is 92.6 Å². The van der Waals surface area contributed by atoms with Gasteiger partial charge in [-0.15, -0.1) is 0 Å². The molecule has 4 nitrogen and oxygen atoms in total. The highest BCUT2D eigenvalue weighted by atomic mass is 35.5. The number of rotatable bonds is 1. The summed E-state index contributed by atoms with van der Waals surface area (Å²) in [7, 11) is 0. The molecule has 0 N–H and O–H groups in total. The van der Waals surface area contributed by atoms with Crippen molar-refractivity contribution in [1.29, 1.82) is 0 Å². The van der Waals surface area contributed by atoms with E-state index in [1.165, 1.54) is 0 Å². The molecular weight excluding hydrogens is 334 g/mol. The zero-order valence-electron chi connectivity index (χ0n) is 13.7. The topological polar surface area (TPSA) is 47.2 Å². The molecule has 0 aliphatic carbocycles. The van der Waals surface area contributed by atoms with Crippen LogP contribution in [0.1, 0.15) is 22.6 Å². The third kappa shape index (κ3) is 2.89. The van der Waals surface area contributed by atoms with Crippen molar-refractivity contribution >= 4 is 17.3 Å². The highest BCUT2D eigenvalue weighted by molar-refractivity contribution is 6.31. The third-order valence-corrected chi connectivity index (χ3v) is 4.46. The van der Waals surface area contributed by atoms with Crippen LogP contribution >= 0.6 is 11.6 Å². The number of halogens is 1. The molecule has 0 saturated carbocycles. The Morgan fingerprint density at radius 3 is 2.68 bits per heavy atom. The summed E-state index contributed by atoms with van der Waals surface area (Å²) in [6.07, 6.45) is 0.606. The normalized spacial score (nSPS) is 15.4. The van der Waals surface area contributed by atoms with E-state index in [0.717, 1.165) is 34.0 Å². The van der Waals surface area contributed by atoms with Gasteiger partial charge in [-0.05, 0) is 25.1 Å². The minimum Gasteiger partial charge on any atom is -0.284 e. The Balaban J connectivity index is 2.03. The third-order valence-electron chi connectivity index (χ3n) is 4.22. The summed E-state index contributed by atoms with van der Waals surface area (Å²) in [4.78, 5) is 22.0. The fourth-order valence-corrected chi connectivity index (χ4v) is 3.34. The van der Waals surface area contributed by atoms with Crippen LogP contribution in [-0.2, 0) is 6.42 Å². The van der Waals surface area contributed by atoms with E-state index in [-0.39, 0.29) is 5.56 Å². The van der Waals surface area contributed by atoms with Gasteiger partial charge in [-0.2, -0.15) is 0 Å². The van der Waals surface area contributed by atoms with Gasteiger partial charge in [-0.3, -0.25) is 14.4 Å². The van der Waals surface area contributed by atoms with Gasteiger partial charge >= 0.3 is 0 Å². The molecule has 0 saturated heterocycles. The molecule has 4 rings (SSSR count). The highest BCUT2D eigenvalue weighted by Gasteiger charge is 2.19. The molecule has 1 aliphatic rings. The largest absolute Gasteiger partial charge is 0.284 e. The lowest BCUT2D eigenvalue weighted by molar-refractivity contribution is 0.765. The Morgan fingerprint density at radius 2 is 1.88 bits per heavy atom. The van der Waals surface area contributed by atoms with Crippen molar-refractivity contribution in [3.8, 4) is 5.69 Å². The van der Waals surface area contributed by atoms with E-state index in [9.17, 15) is 4.79 Å². The van der Waals surface area contributed by atoms with E-state index in [4.69, 9.17) is 16.6 Å². The number of aryl methyl sites for hydroxylation is 1. The second-order valence-electron chi connectivity index (χ2n) is 6.00. The Morgan fingerprint density at radius 1 is 1.08 bits per heavy atom.